The van der Waals surface area contributed by atoms with Crippen molar-refractivity contribution in [3.8, 4) is 5.75 Å². The Hall–Kier alpha value is -1.52. The zero-order valence-corrected chi connectivity index (χ0v) is 12.0. The summed E-state index contributed by atoms with van der Waals surface area (Å²) in [5, 5.41) is 0. The third kappa shape index (κ3) is 3.99. The maximum atomic E-state index is 13.0. The van der Waals surface area contributed by atoms with Gasteiger partial charge in [0.05, 0.1) is 12.2 Å². The highest BCUT2D eigenvalue weighted by molar-refractivity contribution is 5.75. The fourth-order valence-electron chi connectivity index (χ4n) is 2.77. The van der Waals surface area contributed by atoms with E-state index in [9.17, 15) is 18.0 Å². The van der Waals surface area contributed by atoms with Crippen LogP contribution in [0.25, 0.3) is 0 Å². The van der Waals surface area contributed by atoms with Crippen molar-refractivity contribution in [1.29, 1.82) is 0 Å². The van der Waals surface area contributed by atoms with Gasteiger partial charge < -0.3 is 4.74 Å². The molecular formula is C16H19F3O2. The van der Waals surface area contributed by atoms with Gasteiger partial charge in [-0.3, -0.25) is 4.79 Å². The summed E-state index contributed by atoms with van der Waals surface area (Å²) in [5.41, 5.74) is -0.949. The van der Waals surface area contributed by atoms with Crippen molar-refractivity contribution >= 4 is 6.29 Å². The second-order valence-corrected chi connectivity index (χ2v) is 6.03. The molecule has 1 saturated carbocycles. The van der Waals surface area contributed by atoms with Crippen molar-refractivity contribution in [2.75, 3.05) is 6.61 Å². The summed E-state index contributed by atoms with van der Waals surface area (Å²) in [6.45, 7) is 2.33. The summed E-state index contributed by atoms with van der Waals surface area (Å²) in [5.74, 6) is -0.195. The monoisotopic (exact) mass is 300 g/mol. The van der Waals surface area contributed by atoms with Gasteiger partial charge in [0.2, 0.25) is 0 Å². The Bertz CT molecular complexity index is 503. The molecule has 0 spiro atoms. The molecule has 0 N–H and O–H groups in total. The number of benzene rings is 1. The molecule has 0 bridgehead atoms. The number of hydrogen-bond acceptors (Lipinski definition) is 2. The minimum Gasteiger partial charge on any atom is -0.492 e. The Morgan fingerprint density at radius 2 is 1.90 bits per heavy atom. The fourth-order valence-corrected chi connectivity index (χ4v) is 2.77. The molecule has 0 amide bonds. The van der Waals surface area contributed by atoms with Gasteiger partial charge >= 0.3 is 6.18 Å². The molecule has 1 fully saturated rings. The summed E-state index contributed by atoms with van der Waals surface area (Å²) >= 11 is 0. The van der Waals surface area contributed by atoms with Gasteiger partial charge in [-0.05, 0) is 31.0 Å². The first kappa shape index (κ1) is 15.9. The molecule has 5 heteroatoms. The normalized spacial score (nSPS) is 18.3. The largest absolute Gasteiger partial charge is 0.492 e. The van der Waals surface area contributed by atoms with Crippen molar-refractivity contribution in [1.82, 2.24) is 0 Å². The molecular weight excluding hydrogens is 281 g/mol. The number of halogens is 3. The Kier molecular flexibility index (Phi) is 4.59. The van der Waals surface area contributed by atoms with Gasteiger partial charge in [0.25, 0.3) is 0 Å². The zero-order valence-electron chi connectivity index (χ0n) is 12.0. The second kappa shape index (κ2) is 6.08. The number of rotatable bonds is 4. The van der Waals surface area contributed by atoms with Gasteiger partial charge in [-0.1, -0.05) is 26.2 Å². The Labute approximate surface area is 122 Å². The number of alkyl halides is 3. The lowest BCUT2D eigenvalue weighted by Crippen LogP contribution is -2.28. The Morgan fingerprint density at radius 3 is 2.48 bits per heavy atom. The standard InChI is InChI=1S/C16H19F3O2/c1-15(7-3-2-4-8-15)11-21-14-6-5-12(10-20)9-13(14)16(17,18)19/h5-6,9-10H,2-4,7-8,11H2,1H3. The van der Waals surface area contributed by atoms with Crippen molar-refractivity contribution in [2.45, 2.75) is 45.2 Å². The van der Waals surface area contributed by atoms with E-state index in [4.69, 9.17) is 4.74 Å². The molecule has 0 atom stereocenters. The van der Waals surface area contributed by atoms with Crippen LogP contribution < -0.4 is 4.74 Å². The van der Waals surface area contributed by atoms with Crippen molar-refractivity contribution in [3.05, 3.63) is 29.3 Å². The molecule has 21 heavy (non-hydrogen) atoms. The summed E-state index contributed by atoms with van der Waals surface area (Å²) in [4.78, 5) is 10.6. The average Bonchev–Trinajstić information content (AvgIpc) is 2.45. The zero-order chi connectivity index (χ0) is 15.5. The molecule has 2 rings (SSSR count). The van der Waals surface area contributed by atoms with E-state index in [1.54, 1.807) is 0 Å². The smallest absolute Gasteiger partial charge is 0.419 e. The minimum absolute atomic E-state index is 0.00134. The molecule has 0 heterocycles. The van der Waals surface area contributed by atoms with Crippen LogP contribution in [0.3, 0.4) is 0 Å². The number of ether oxygens (including phenoxy) is 1. The van der Waals surface area contributed by atoms with E-state index in [1.165, 1.54) is 18.6 Å². The van der Waals surface area contributed by atoms with Crippen LogP contribution in [0, 0.1) is 5.41 Å². The lowest BCUT2D eigenvalue weighted by molar-refractivity contribution is -0.139. The molecule has 1 aromatic carbocycles. The number of hydrogen-bond donors (Lipinski definition) is 0. The van der Waals surface area contributed by atoms with E-state index < -0.39 is 11.7 Å². The van der Waals surface area contributed by atoms with Crippen LogP contribution in [-0.4, -0.2) is 12.9 Å². The molecule has 0 aliphatic heterocycles. The highest BCUT2D eigenvalue weighted by atomic mass is 19.4. The van der Waals surface area contributed by atoms with E-state index in [2.05, 4.69) is 6.92 Å². The van der Waals surface area contributed by atoms with E-state index >= 15 is 0 Å². The summed E-state index contributed by atoms with van der Waals surface area (Å²) in [6.07, 6.45) is 1.19. The van der Waals surface area contributed by atoms with Gasteiger partial charge in [0, 0.05) is 11.0 Å². The Morgan fingerprint density at radius 1 is 1.24 bits per heavy atom. The molecule has 0 aromatic heterocycles. The number of aldehydes is 1. The summed E-state index contributed by atoms with van der Waals surface area (Å²) in [6, 6.07) is 3.42. The van der Waals surface area contributed by atoms with Crippen LogP contribution in [-0.2, 0) is 6.18 Å². The number of carbonyl (C=O) groups is 1. The lowest BCUT2D eigenvalue weighted by Gasteiger charge is -2.33. The first-order chi connectivity index (χ1) is 9.84. The van der Waals surface area contributed by atoms with E-state index in [1.807, 2.05) is 0 Å². The Balaban J connectivity index is 2.17. The quantitative estimate of drug-likeness (QED) is 0.742. The maximum Gasteiger partial charge on any atom is 0.419 e. The second-order valence-electron chi connectivity index (χ2n) is 6.03. The van der Waals surface area contributed by atoms with Crippen LogP contribution in [0.15, 0.2) is 18.2 Å². The van der Waals surface area contributed by atoms with Gasteiger partial charge in [0.1, 0.15) is 12.0 Å². The average molecular weight is 300 g/mol. The lowest BCUT2D eigenvalue weighted by atomic mass is 9.76. The first-order valence-electron chi connectivity index (χ1n) is 7.13. The van der Waals surface area contributed by atoms with Crippen LogP contribution in [0.1, 0.15) is 54.9 Å². The van der Waals surface area contributed by atoms with Crippen LogP contribution in [0.4, 0.5) is 13.2 Å². The highest BCUT2D eigenvalue weighted by Crippen LogP contribution is 2.39. The molecule has 0 saturated heterocycles. The molecule has 0 radical (unpaired) electrons. The van der Waals surface area contributed by atoms with Crippen molar-refractivity contribution < 1.29 is 22.7 Å². The fraction of sp³-hybridized carbons (Fsp3) is 0.562. The summed E-state index contributed by atoms with van der Waals surface area (Å²) in [7, 11) is 0. The minimum atomic E-state index is -4.53. The molecule has 0 unspecified atom stereocenters. The number of carbonyl (C=O) groups excluding carboxylic acids is 1. The van der Waals surface area contributed by atoms with Crippen molar-refractivity contribution in [3.63, 3.8) is 0 Å². The van der Waals surface area contributed by atoms with Gasteiger partial charge in [-0.15, -0.1) is 0 Å². The molecule has 2 nitrogen and oxygen atoms in total. The van der Waals surface area contributed by atoms with Crippen molar-refractivity contribution in [2.24, 2.45) is 5.41 Å². The first-order valence-corrected chi connectivity index (χ1v) is 7.13. The van der Waals surface area contributed by atoms with E-state index in [0.29, 0.717) is 6.29 Å². The highest BCUT2D eigenvalue weighted by Gasteiger charge is 2.35. The van der Waals surface area contributed by atoms with Gasteiger partial charge in [-0.2, -0.15) is 13.2 Å². The molecule has 1 aromatic rings. The third-order valence-electron chi connectivity index (χ3n) is 4.08. The molecule has 116 valence electrons. The summed E-state index contributed by atoms with van der Waals surface area (Å²) < 4.78 is 44.6. The van der Waals surface area contributed by atoms with Crippen LogP contribution in [0.2, 0.25) is 0 Å². The predicted molar refractivity (Wildman–Crippen MR) is 73.5 cm³/mol. The van der Waals surface area contributed by atoms with Crippen LogP contribution >= 0.6 is 0 Å². The van der Waals surface area contributed by atoms with Crippen LogP contribution in [0.5, 0.6) is 5.75 Å². The van der Waals surface area contributed by atoms with E-state index in [-0.39, 0.29) is 23.3 Å². The van der Waals surface area contributed by atoms with E-state index in [0.717, 1.165) is 31.7 Å². The third-order valence-corrected chi connectivity index (χ3v) is 4.08. The molecule has 1 aliphatic rings. The predicted octanol–water partition coefficient (Wildman–Crippen LogP) is 4.87. The molecule has 1 aliphatic carbocycles. The van der Waals surface area contributed by atoms with Gasteiger partial charge in [-0.25, -0.2) is 0 Å². The maximum absolute atomic E-state index is 13.0. The SMILES string of the molecule is CC1(COc2ccc(C=O)cc2C(F)(F)F)CCCCC1. The van der Waals surface area contributed by atoms with Gasteiger partial charge in [0.15, 0.2) is 0 Å². The topological polar surface area (TPSA) is 26.3 Å².